The third-order valence-electron chi connectivity index (χ3n) is 5.78. The van der Waals surface area contributed by atoms with Crippen LogP contribution >= 0.6 is 0 Å². The van der Waals surface area contributed by atoms with Gasteiger partial charge in [-0.3, -0.25) is 9.59 Å². The second-order valence-corrected chi connectivity index (χ2v) is 9.62. The van der Waals surface area contributed by atoms with E-state index in [-0.39, 0.29) is 28.0 Å². The summed E-state index contributed by atoms with van der Waals surface area (Å²) in [5, 5.41) is 2.83. The molecule has 1 aromatic carbocycles. The number of piperazine rings is 1. The smallest absolute Gasteiger partial charge is 0.254 e. The van der Waals surface area contributed by atoms with Gasteiger partial charge in [-0.15, -0.1) is 0 Å². The highest BCUT2D eigenvalue weighted by molar-refractivity contribution is 7.89. The van der Waals surface area contributed by atoms with E-state index in [0.717, 1.165) is 19.3 Å². The molecule has 0 saturated carbocycles. The van der Waals surface area contributed by atoms with E-state index in [1.54, 1.807) is 17.9 Å². The molecule has 0 aliphatic carbocycles. The molecule has 3 rings (SSSR count). The van der Waals surface area contributed by atoms with Crippen molar-refractivity contribution in [3.8, 4) is 5.75 Å². The lowest BCUT2D eigenvalue weighted by Crippen LogP contribution is -2.64. The zero-order valence-corrected chi connectivity index (χ0v) is 18.0. The Morgan fingerprint density at radius 3 is 2.55 bits per heavy atom. The number of carbonyl (C=O) groups is 2. The molecule has 0 spiro atoms. The van der Waals surface area contributed by atoms with Gasteiger partial charge in [0.25, 0.3) is 5.91 Å². The third-order valence-corrected chi connectivity index (χ3v) is 7.70. The van der Waals surface area contributed by atoms with Crippen molar-refractivity contribution in [1.82, 2.24) is 14.5 Å². The minimum atomic E-state index is -3.76. The van der Waals surface area contributed by atoms with Crippen molar-refractivity contribution < 1.29 is 22.7 Å². The highest BCUT2D eigenvalue weighted by Crippen LogP contribution is 2.32. The number of hydrogen-bond acceptors (Lipinski definition) is 5. The van der Waals surface area contributed by atoms with Crippen molar-refractivity contribution in [2.45, 2.75) is 50.0 Å². The Morgan fingerprint density at radius 2 is 1.93 bits per heavy atom. The Balaban J connectivity index is 2.00. The van der Waals surface area contributed by atoms with Crippen LogP contribution in [0.25, 0.3) is 0 Å². The molecular weight excluding hydrogens is 394 g/mol. The number of nitrogens with zero attached hydrogens (tertiary/aromatic N) is 2. The van der Waals surface area contributed by atoms with Crippen molar-refractivity contribution in [2.75, 3.05) is 33.3 Å². The highest BCUT2D eigenvalue weighted by Gasteiger charge is 2.44. The first-order valence-electron chi connectivity index (χ1n) is 10.0. The van der Waals surface area contributed by atoms with Gasteiger partial charge in [0.15, 0.2) is 0 Å². The largest absolute Gasteiger partial charge is 0.495 e. The normalized spacial score (nSPS) is 23.1. The standard InChI is InChI=1S/C20H29N3O5S/c1-4-9-20(2)19(25)21-10-13-23(20)18(24)15-7-8-16(28-3)17(14-15)29(26,27)22-11-5-6-12-22/h7-8,14H,4-6,9-13H2,1-3H3,(H,21,25). The molecule has 2 aliphatic rings. The molecule has 0 radical (unpaired) electrons. The molecule has 0 aromatic heterocycles. The van der Waals surface area contributed by atoms with Gasteiger partial charge in [-0.2, -0.15) is 4.31 Å². The number of ether oxygens (including phenoxy) is 1. The highest BCUT2D eigenvalue weighted by atomic mass is 32.2. The summed E-state index contributed by atoms with van der Waals surface area (Å²) in [5.74, 6) is -0.324. The average Bonchev–Trinajstić information content (AvgIpc) is 3.25. The Labute approximate surface area is 172 Å². The predicted molar refractivity (Wildman–Crippen MR) is 108 cm³/mol. The predicted octanol–water partition coefficient (Wildman–Crippen LogP) is 1.61. The number of hydrogen-bond donors (Lipinski definition) is 1. The van der Waals surface area contributed by atoms with Gasteiger partial charge >= 0.3 is 0 Å². The summed E-state index contributed by atoms with van der Waals surface area (Å²) in [5.41, 5.74) is -0.724. The molecular formula is C20H29N3O5S. The number of methoxy groups -OCH3 is 1. The maximum atomic E-state index is 13.3. The van der Waals surface area contributed by atoms with Crippen LogP contribution in [0.3, 0.4) is 0 Å². The summed E-state index contributed by atoms with van der Waals surface area (Å²) in [4.78, 5) is 27.4. The van der Waals surface area contributed by atoms with Gasteiger partial charge in [0.2, 0.25) is 15.9 Å². The lowest BCUT2D eigenvalue weighted by molar-refractivity contribution is -0.134. The van der Waals surface area contributed by atoms with Crippen LogP contribution < -0.4 is 10.1 Å². The van der Waals surface area contributed by atoms with Crippen LogP contribution in [0.4, 0.5) is 0 Å². The first-order chi connectivity index (χ1) is 13.8. The first kappa shape index (κ1) is 21.6. The van der Waals surface area contributed by atoms with Crippen molar-refractivity contribution in [3.05, 3.63) is 23.8 Å². The molecule has 1 unspecified atom stereocenters. The van der Waals surface area contributed by atoms with E-state index in [2.05, 4.69) is 5.32 Å². The number of amides is 2. The van der Waals surface area contributed by atoms with Crippen LogP contribution in [0, 0.1) is 0 Å². The van der Waals surface area contributed by atoms with Gasteiger partial charge in [-0.05, 0) is 44.4 Å². The first-order valence-corrected chi connectivity index (χ1v) is 11.5. The molecule has 2 heterocycles. The van der Waals surface area contributed by atoms with Gasteiger partial charge < -0.3 is 15.0 Å². The fraction of sp³-hybridized carbons (Fsp3) is 0.600. The molecule has 2 aliphatic heterocycles. The van der Waals surface area contributed by atoms with Gasteiger partial charge in [-0.1, -0.05) is 13.3 Å². The monoisotopic (exact) mass is 423 g/mol. The van der Waals surface area contributed by atoms with Crippen LogP contribution in [0.2, 0.25) is 0 Å². The van der Waals surface area contributed by atoms with Gasteiger partial charge in [0.1, 0.15) is 16.2 Å². The maximum Gasteiger partial charge on any atom is 0.254 e. The van der Waals surface area contributed by atoms with Crippen LogP contribution in [-0.4, -0.2) is 68.3 Å². The van der Waals surface area contributed by atoms with E-state index in [1.165, 1.54) is 23.5 Å². The topological polar surface area (TPSA) is 96.0 Å². The summed E-state index contributed by atoms with van der Waals surface area (Å²) in [6, 6.07) is 4.45. The lowest BCUT2D eigenvalue weighted by atomic mass is 9.90. The second kappa shape index (κ2) is 8.31. The number of nitrogens with one attached hydrogen (secondary N) is 1. The van der Waals surface area contributed by atoms with E-state index in [1.807, 2.05) is 6.92 Å². The second-order valence-electron chi connectivity index (χ2n) is 7.71. The summed E-state index contributed by atoms with van der Waals surface area (Å²) >= 11 is 0. The molecule has 2 amide bonds. The van der Waals surface area contributed by atoms with Crippen molar-refractivity contribution in [2.24, 2.45) is 0 Å². The summed E-state index contributed by atoms with van der Waals surface area (Å²) in [7, 11) is -2.35. The lowest BCUT2D eigenvalue weighted by Gasteiger charge is -2.43. The molecule has 9 heteroatoms. The summed E-state index contributed by atoms with van der Waals surface area (Å²) in [6.45, 7) is 5.40. The summed E-state index contributed by atoms with van der Waals surface area (Å²) in [6.07, 6.45) is 2.90. The minimum absolute atomic E-state index is 0.00796. The van der Waals surface area contributed by atoms with Gasteiger partial charge in [0.05, 0.1) is 7.11 Å². The zero-order chi connectivity index (χ0) is 21.2. The SMILES string of the molecule is CCCC1(C)C(=O)NCCN1C(=O)c1ccc(OC)c(S(=O)(=O)N2CCCC2)c1. The van der Waals surface area contributed by atoms with E-state index >= 15 is 0 Å². The Hall–Kier alpha value is -2.13. The van der Waals surface area contributed by atoms with Crippen molar-refractivity contribution in [1.29, 1.82) is 0 Å². The van der Waals surface area contributed by atoms with Gasteiger partial charge in [-0.25, -0.2) is 8.42 Å². The molecule has 160 valence electrons. The van der Waals surface area contributed by atoms with Crippen molar-refractivity contribution >= 4 is 21.8 Å². The molecule has 1 aromatic rings. The molecule has 2 fully saturated rings. The molecule has 2 saturated heterocycles. The van der Waals surface area contributed by atoms with Crippen molar-refractivity contribution in [3.63, 3.8) is 0 Å². The average molecular weight is 424 g/mol. The Morgan fingerprint density at radius 1 is 1.24 bits per heavy atom. The zero-order valence-electron chi connectivity index (χ0n) is 17.2. The van der Waals surface area contributed by atoms with E-state index < -0.39 is 15.6 Å². The van der Waals surface area contributed by atoms with E-state index in [0.29, 0.717) is 32.6 Å². The van der Waals surface area contributed by atoms with E-state index in [4.69, 9.17) is 4.74 Å². The summed E-state index contributed by atoms with van der Waals surface area (Å²) < 4.78 is 32.9. The van der Waals surface area contributed by atoms with Crippen LogP contribution in [-0.2, 0) is 14.8 Å². The Kier molecular flexibility index (Phi) is 6.19. The molecule has 1 N–H and O–H groups in total. The van der Waals surface area contributed by atoms with Gasteiger partial charge in [0, 0.05) is 31.7 Å². The minimum Gasteiger partial charge on any atom is -0.495 e. The Bertz CT molecular complexity index is 895. The fourth-order valence-corrected chi connectivity index (χ4v) is 5.84. The molecule has 0 bridgehead atoms. The fourth-order valence-electron chi connectivity index (χ4n) is 4.14. The maximum absolute atomic E-state index is 13.3. The molecule has 1 atom stereocenters. The number of carbonyl (C=O) groups excluding carboxylic acids is 2. The van der Waals surface area contributed by atoms with Crippen LogP contribution in [0.15, 0.2) is 23.1 Å². The molecule has 8 nitrogen and oxygen atoms in total. The number of rotatable bonds is 6. The van der Waals surface area contributed by atoms with Crippen LogP contribution in [0.1, 0.15) is 49.9 Å². The molecule has 29 heavy (non-hydrogen) atoms. The number of benzene rings is 1. The van der Waals surface area contributed by atoms with E-state index in [9.17, 15) is 18.0 Å². The van der Waals surface area contributed by atoms with Crippen LogP contribution in [0.5, 0.6) is 5.75 Å². The number of sulfonamides is 1. The third kappa shape index (κ3) is 3.85. The quantitative estimate of drug-likeness (QED) is 0.750.